The minimum Gasteiger partial charge on any atom is -0.489 e. The van der Waals surface area contributed by atoms with Crippen LogP contribution in [-0.2, 0) is 13.2 Å². The van der Waals surface area contributed by atoms with Gasteiger partial charge >= 0.3 is 0 Å². The van der Waals surface area contributed by atoms with E-state index < -0.39 is 0 Å². The van der Waals surface area contributed by atoms with E-state index in [0.29, 0.717) is 6.61 Å². The molecule has 0 saturated carbocycles. The van der Waals surface area contributed by atoms with Crippen molar-refractivity contribution < 1.29 is 4.74 Å². The van der Waals surface area contributed by atoms with Gasteiger partial charge < -0.3 is 10.1 Å². The first-order valence-electron chi connectivity index (χ1n) is 8.11. The van der Waals surface area contributed by atoms with Crippen molar-refractivity contribution in [3.05, 3.63) is 65.2 Å². The molecule has 2 rings (SSSR count). The molecule has 0 aliphatic carbocycles. The molecule has 2 nitrogen and oxygen atoms in total. The maximum Gasteiger partial charge on any atom is 0.119 e. The Morgan fingerprint density at radius 2 is 1.55 bits per heavy atom. The molecular weight excluding hydrogens is 270 g/mol. The molecule has 2 aromatic carbocycles. The Morgan fingerprint density at radius 1 is 0.909 bits per heavy atom. The van der Waals surface area contributed by atoms with E-state index in [1.807, 2.05) is 12.1 Å². The van der Waals surface area contributed by atoms with Gasteiger partial charge in [0.15, 0.2) is 0 Å². The van der Waals surface area contributed by atoms with Crippen LogP contribution in [-0.4, -0.2) is 6.54 Å². The van der Waals surface area contributed by atoms with Crippen LogP contribution >= 0.6 is 0 Å². The van der Waals surface area contributed by atoms with E-state index in [2.05, 4.69) is 62.5 Å². The van der Waals surface area contributed by atoms with Gasteiger partial charge in [-0.05, 0) is 49.1 Å². The molecule has 0 radical (unpaired) electrons. The topological polar surface area (TPSA) is 21.3 Å². The zero-order valence-corrected chi connectivity index (χ0v) is 13.9. The monoisotopic (exact) mass is 297 g/mol. The molecular formula is C20H27NO. The van der Waals surface area contributed by atoms with Gasteiger partial charge in [0.2, 0.25) is 0 Å². The highest BCUT2D eigenvalue weighted by Gasteiger charge is 1.98. The molecule has 0 amide bonds. The van der Waals surface area contributed by atoms with Crippen molar-refractivity contribution in [1.82, 2.24) is 5.32 Å². The summed E-state index contributed by atoms with van der Waals surface area (Å²) in [6.07, 6.45) is 1.22. The average Bonchev–Trinajstić information content (AvgIpc) is 2.52. The van der Waals surface area contributed by atoms with Gasteiger partial charge in [-0.15, -0.1) is 0 Å². The van der Waals surface area contributed by atoms with E-state index in [1.165, 1.54) is 23.1 Å². The largest absolute Gasteiger partial charge is 0.489 e. The van der Waals surface area contributed by atoms with Crippen molar-refractivity contribution in [2.75, 3.05) is 6.54 Å². The molecule has 0 aliphatic rings. The summed E-state index contributed by atoms with van der Waals surface area (Å²) in [5, 5.41) is 3.47. The number of nitrogens with one attached hydrogen (secondary N) is 1. The Hall–Kier alpha value is -1.80. The summed E-state index contributed by atoms with van der Waals surface area (Å²) >= 11 is 0. The van der Waals surface area contributed by atoms with Gasteiger partial charge in [0.1, 0.15) is 12.4 Å². The molecule has 2 heteroatoms. The normalized spacial score (nSPS) is 10.9. The number of benzene rings is 2. The number of aryl methyl sites for hydroxylation is 1. The highest BCUT2D eigenvalue weighted by molar-refractivity contribution is 5.28. The van der Waals surface area contributed by atoms with Crippen LogP contribution in [0.25, 0.3) is 0 Å². The highest BCUT2D eigenvalue weighted by atomic mass is 16.5. The summed E-state index contributed by atoms with van der Waals surface area (Å²) in [4.78, 5) is 0. The fraction of sp³-hybridized carbons (Fsp3) is 0.400. The number of hydrogen-bond donors (Lipinski definition) is 1. The first-order valence-corrected chi connectivity index (χ1v) is 8.11. The molecule has 0 heterocycles. The second-order valence-corrected chi connectivity index (χ2v) is 6.28. The molecule has 0 atom stereocenters. The molecule has 0 saturated heterocycles. The smallest absolute Gasteiger partial charge is 0.119 e. The third-order valence-corrected chi connectivity index (χ3v) is 3.68. The lowest BCUT2D eigenvalue weighted by atomic mass is 10.1. The maximum absolute atomic E-state index is 5.82. The number of hydrogen-bond acceptors (Lipinski definition) is 2. The Morgan fingerprint density at radius 3 is 2.18 bits per heavy atom. The second kappa shape index (κ2) is 8.60. The summed E-state index contributed by atoms with van der Waals surface area (Å²) in [6, 6.07) is 16.8. The average molecular weight is 297 g/mol. The van der Waals surface area contributed by atoms with E-state index in [-0.39, 0.29) is 0 Å². The minimum atomic E-state index is 0.617. The Bertz CT molecular complexity index is 543. The zero-order chi connectivity index (χ0) is 15.8. The van der Waals surface area contributed by atoms with Crippen LogP contribution < -0.4 is 10.1 Å². The first-order chi connectivity index (χ1) is 10.6. The standard InChI is InChI=1S/C20H27NO/c1-16(2)12-13-21-14-18-8-10-20(11-9-18)22-15-19-6-4-17(3)5-7-19/h4-11,16,21H,12-15H2,1-3H3. The third kappa shape index (κ3) is 5.90. The summed E-state index contributed by atoms with van der Waals surface area (Å²) in [6.45, 7) is 9.21. The van der Waals surface area contributed by atoms with Crippen LogP contribution in [0.3, 0.4) is 0 Å². The molecule has 1 N–H and O–H groups in total. The van der Waals surface area contributed by atoms with Crippen molar-refractivity contribution in [3.63, 3.8) is 0 Å². The van der Waals surface area contributed by atoms with E-state index in [4.69, 9.17) is 4.74 Å². The molecule has 0 aromatic heterocycles. The molecule has 0 fully saturated rings. The van der Waals surface area contributed by atoms with Gasteiger partial charge in [0, 0.05) is 6.54 Å². The van der Waals surface area contributed by atoms with Gasteiger partial charge in [-0.25, -0.2) is 0 Å². The molecule has 2 aromatic rings. The van der Waals surface area contributed by atoms with Crippen LogP contribution in [0.4, 0.5) is 0 Å². The van der Waals surface area contributed by atoms with Crippen molar-refractivity contribution in [2.45, 2.75) is 40.3 Å². The van der Waals surface area contributed by atoms with Crippen molar-refractivity contribution in [2.24, 2.45) is 5.92 Å². The maximum atomic E-state index is 5.82. The van der Waals surface area contributed by atoms with Crippen molar-refractivity contribution in [3.8, 4) is 5.75 Å². The van der Waals surface area contributed by atoms with Crippen LogP contribution in [0.5, 0.6) is 5.75 Å². The lowest BCUT2D eigenvalue weighted by Crippen LogP contribution is -2.16. The van der Waals surface area contributed by atoms with Crippen LogP contribution in [0.15, 0.2) is 48.5 Å². The van der Waals surface area contributed by atoms with E-state index in [0.717, 1.165) is 24.8 Å². The van der Waals surface area contributed by atoms with E-state index in [1.54, 1.807) is 0 Å². The van der Waals surface area contributed by atoms with Crippen LogP contribution in [0.1, 0.15) is 37.0 Å². The molecule has 22 heavy (non-hydrogen) atoms. The predicted octanol–water partition coefficient (Wildman–Crippen LogP) is 4.71. The molecule has 0 bridgehead atoms. The SMILES string of the molecule is Cc1ccc(COc2ccc(CNCCC(C)C)cc2)cc1. The summed E-state index contributed by atoms with van der Waals surface area (Å²) in [5.41, 5.74) is 3.77. The van der Waals surface area contributed by atoms with Crippen molar-refractivity contribution >= 4 is 0 Å². The second-order valence-electron chi connectivity index (χ2n) is 6.28. The Labute approximate surface area is 134 Å². The van der Waals surface area contributed by atoms with Crippen LogP contribution in [0, 0.1) is 12.8 Å². The quantitative estimate of drug-likeness (QED) is 0.712. The van der Waals surface area contributed by atoms with E-state index in [9.17, 15) is 0 Å². The molecule has 0 aliphatic heterocycles. The predicted molar refractivity (Wildman–Crippen MR) is 93.1 cm³/mol. The van der Waals surface area contributed by atoms with Gasteiger partial charge in [-0.1, -0.05) is 55.8 Å². The molecule has 0 unspecified atom stereocenters. The Balaban J connectivity index is 1.75. The summed E-state index contributed by atoms with van der Waals surface area (Å²) in [7, 11) is 0. The minimum absolute atomic E-state index is 0.617. The van der Waals surface area contributed by atoms with Crippen LogP contribution in [0.2, 0.25) is 0 Å². The third-order valence-electron chi connectivity index (χ3n) is 3.68. The molecule has 118 valence electrons. The van der Waals surface area contributed by atoms with E-state index >= 15 is 0 Å². The first kappa shape index (κ1) is 16.6. The number of rotatable bonds is 8. The van der Waals surface area contributed by atoms with Gasteiger partial charge in [-0.2, -0.15) is 0 Å². The zero-order valence-electron chi connectivity index (χ0n) is 13.9. The van der Waals surface area contributed by atoms with Crippen molar-refractivity contribution in [1.29, 1.82) is 0 Å². The van der Waals surface area contributed by atoms with Gasteiger partial charge in [0.25, 0.3) is 0 Å². The lowest BCUT2D eigenvalue weighted by Gasteiger charge is -2.09. The van der Waals surface area contributed by atoms with Gasteiger partial charge in [0.05, 0.1) is 0 Å². The molecule has 0 spiro atoms. The van der Waals surface area contributed by atoms with Gasteiger partial charge in [-0.3, -0.25) is 0 Å². The Kier molecular flexibility index (Phi) is 6.47. The highest BCUT2D eigenvalue weighted by Crippen LogP contribution is 2.14. The summed E-state index contributed by atoms with van der Waals surface area (Å²) in [5.74, 6) is 1.68. The number of ether oxygens (including phenoxy) is 1. The summed E-state index contributed by atoms with van der Waals surface area (Å²) < 4.78 is 5.82. The fourth-order valence-corrected chi connectivity index (χ4v) is 2.18. The fourth-order valence-electron chi connectivity index (χ4n) is 2.18. The lowest BCUT2D eigenvalue weighted by molar-refractivity contribution is 0.306.